The standard InChI is InChI=1S/C14H27NO2/c1-5-12(10-11-6-7-11)15-9-8-13(16)17-14(2,3)4/h11-12,15H,5-10H2,1-4H3. The van der Waals surface area contributed by atoms with Crippen molar-refractivity contribution < 1.29 is 9.53 Å². The van der Waals surface area contributed by atoms with E-state index in [-0.39, 0.29) is 11.6 Å². The Morgan fingerprint density at radius 2 is 2.06 bits per heavy atom. The van der Waals surface area contributed by atoms with Gasteiger partial charge in [-0.15, -0.1) is 0 Å². The van der Waals surface area contributed by atoms with Crippen molar-refractivity contribution in [1.82, 2.24) is 5.32 Å². The second kappa shape index (κ2) is 6.39. The Balaban J connectivity index is 2.10. The summed E-state index contributed by atoms with van der Waals surface area (Å²) in [5, 5.41) is 3.46. The summed E-state index contributed by atoms with van der Waals surface area (Å²) >= 11 is 0. The molecule has 1 atom stereocenters. The lowest BCUT2D eigenvalue weighted by molar-refractivity contribution is -0.154. The third-order valence-electron chi connectivity index (χ3n) is 2.99. The summed E-state index contributed by atoms with van der Waals surface area (Å²) in [6.07, 6.45) is 5.67. The smallest absolute Gasteiger partial charge is 0.307 e. The van der Waals surface area contributed by atoms with Gasteiger partial charge in [-0.25, -0.2) is 0 Å². The molecular weight excluding hydrogens is 214 g/mol. The van der Waals surface area contributed by atoms with E-state index >= 15 is 0 Å². The van der Waals surface area contributed by atoms with Crippen molar-refractivity contribution in [3.8, 4) is 0 Å². The second-order valence-electron chi connectivity index (χ2n) is 6.07. The average molecular weight is 241 g/mol. The summed E-state index contributed by atoms with van der Waals surface area (Å²) in [4.78, 5) is 11.5. The fraction of sp³-hybridized carbons (Fsp3) is 0.929. The Morgan fingerprint density at radius 1 is 1.41 bits per heavy atom. The van der Waals surface area contributed by atoms with Crippen LogP contribution in [0, 0.1) is 5.92 Å². The van der Waals surface area contributed by atoms with Crippen LogP contribution in [0.25, 0.3) is 0 Å². The number of carbonyl (C=O) groups excluding carboxylic acids is 1. The predicted octanol–water partition coefficient (Wildman–Crippen LogP) is 2.89. The van der Waals surface area contributed by atoms with Crippen molar-refractivity contribution in [2.24, 2.45) is 5.92 Å². The molecule has 0 aromatic rings. The zero-order valence-corrected chi connectivity index (χ0v) is 11.7. The van der Waals surface area contributed by atoms with Crippen LogP contribution in [0.15, 0.2) is 0 Å². The maximum atomic E-state index is 11.5. The predicted molar refractivity (Wildman–Crippen MR) is 69.9 cm³/mol. The molecule has 1 aliphatic carbocycles. The first kappa shape index (κ1) is 14.5. The molecule has 1 saturated carbocycles. The first-order chi connectivity index (χ1) is 7.90. The molecule has 3 heteroatoms. The van der Waals surface area contributed by atoms with E-state index in [1.807, 2.05) is 20.8 Å². The van der Waals surface area contributed by atoms with Crippen LogP contribution >= 0.6 is 0 Å². The molecule has 1 unspecified atom stereocenters. The van der Waals surface area contributed by atoms with Crippen molar-refractivity contribution in [2.45, 2.75) is 71.4 Å². The molecule has 17 heavy (non-hydrogen) atoms. The largest absolute Gasteiger partial charge is 0.460 e. The number of carbonyl (C=O) groups is 1. The molecule has 0 heterocycles. The maximum absolute atomic E-state index is 11.5. The Morgan fingerprint density at radius 3 is 2.53 bits per heavy atom. The number of hydrogen-bond donors (Lipinski definition) is 1. The summed E-state index contributed by atoms with van der Waals surface area (Å²) in [6, 6.07) is 0.574. The van der Waals surface area contributed by atoms with Gasteiger partial charge in [0.05, 0.1) is 6.42 Å². The third kappa shape index (κ3) is 7.37. The van der Waals surface area contributed by atoms with E-state index in [4.69, 9.17) is 4.74 Å². The molecule has 0 aliphatic heterocycles. The van der Waals surface area contributed by atoms with Crippen LogP contribution in [0.1, 0.15) is 59.8 Å². The summed E-state index contributed by atoms with van der Waals surface area (Å²) in [5.41, 5.74) is -0.366. The first-order valence-electron chi connectivity index (χ1n) is 6.86. The number of nitrogens with one attached hydrogen (secondary N) is 1. The normalized spacial score (nSPS) is 17.9. The van der Waals surface area contributed by atoms with E-state index in [0.29, 0.717) is 12.5 Å². The van der Waals surface area contributed by atoms with Crippen LogP contribution in [0.5, 0.6) is 0 Å². The zero-order chi connectivity index (χ0) is 12.9. The number of rotatable bonds is 7. The van der Waals surface area contributed by atoms with Gasteiger partial charge in [0, 0.05) is 12.6 Å². The average Bonchev–Trinajstić information content (AvgIpc) is 2.97. The van der Waals surface area contributed by atoms with Crippen molar-refractivity contribution in [2.75, 3.05) is 6.54 Å². The molecule has 0 saturated heterocycles. The Hall–Kier alpha value is -0.570. The molecule has 0 spiro atoms. The van der Waals surface area contributed by atoms with Crippen molar-refractivity contribution >= 4 is 5.97 Å². The lowest BCUT2D eigenvalue weighted by atomic mass is 10.1. The summed E-state index contributed by atoms with van der Waals surface area (Å²) in [5.74, 6) is 0.834. The molecule has 1 fully saturated rings. The van der Waals surface area contributed by atoms with Gasteiger partial charge in [0.15, 0.2) is 0 Å². The van der Waals surface area contributed by atoms with Gasteiger partial charge in [-0.2, -0.15) is 0 Å². The Labute approximate surface area is 105 Å². The van der Waals surface area contributed by atoms with Crippen molar-refractivity contribution in [1.29, 1.82) is 0 Å². The van der Waals surface area contributed by atoms with Crippen LogP contribution in [0.4, 0.5) is 0 Å². The SMILES string of the molecule is CCC(CC1CC1)NCCC(=O)OC(C)(C)C. The molecule has 1 N–H and O–H groups in total. The van der Waals surface area contributed by atoms with E-state index in [1.54, 1.807) is 0 Å². The van der Waals surface area contributed by atoms with E-state index in [9.17, 15) is 4.79 Å². The summed E-state index contributed by atoms with van der Waals surface area (Å²) < 4.78 is 5.27. The fourth-order valence-electron chi connectivity index (χ4n) is 1.92. The van der Waals surface area contributed by atoms with Gasteiger partial charge >= 0.3 is 5.97 Å². The quantitative estimate of drug-likeness (QED) is 0.697. The molecule has 0 aromatic carbocycles. The molecule has 100 valence electrons. The molecule has 1 aliphatic rings. The second-order valence-corrected chi connectivity index (χ2v) is 6.07. The lowest BCUT2D eigenvalue weighted by Crippen LogP contribution is -2.32. The molecule has 0 radical (unpaired) electrons. The van der Waals surface area contributed by atoms with E-state index in [1.165, 1.54) is 19.3 Å². The summed E-state index contributed by atoms with van der Waals surface area (Å²) in [7, 11) is 0. The van der Waals surface area contributed by atoms with Crippen molar-refractivity contribution in [3.63, 3.8) is 0 Å². The molecular formula is C14H27NO2. The van der Waals surface area contributed by atoms with Crippen LogP contribution in [-0.2, 0) is 9.53 Å². The van der Waals surface area contributed by atoms with Gasteiger partial charge in [0.1, 0.15) is 5.60 Å². The van der Waals surface area contributed by atoms with Gasteiger partial charge in [-0.3, -0.25) is 4.79 Å². The topological polar surface area (TPSA) is 38.3 Å². The van der Waals surface area contributed by atoms with Crippen molar-refractivity contribution in [3.05, 3.63) is 0 Å². The number of esters is 1. The first-order valence-corrected chi connectivity index (χ1v) is 6.86. The minimum atomic E-state index is -0.366. The van der Waals surface area contributed by atoms with Gasteiger partial charge < -0.3 is 10.1 Å². The van der Waals surface area contributed by atoms with Crippen LogP contribution in [0.2, 0.25) is 0 Å². The Kier molecular flexibility index (Phi) is 5.44. The molecule has 0 bridgehead atoms. The van der Waals surface area contributed by atoms with E-state index < -0.39 is 0 Å². The van der Waals surface area contributed by atoms with E-state index in [2.05, 4.69) is 12.2 Å². The van der Waals surface area contributed by atoms with Crippen LogP contribution < -0.4 is 5.32 Å². The van der Waals surface area contributed by atoms with Crippen LogP contribution in [-0.4, -0.2) is 24.2 Å². The molecule has 0 amide bonds. The van der Waals surface area contributed by atoms with Gasteiger partial charge in [-0.05, 0) is 39.5 Å². The maximum Gasteiger partial charge on any atom is 0.307 e. The van der Waals surface area contributed by atoms with Gasteiger partial charge in [0.25, 0.3) is 0 Å². The summed E-state index contributed by atoms with van der Waals surface area (Å²) in [6.45, 7) is 8.65. The number of hydrogen-bond acceptors (Lipinski definition) is 3. The highest BCUT2D eigenvalue weighted by Gasteiger charge is 2.24. The van der Waals surface area contributed by atoms with Crippen LogP contribution in [0.3, 0.4) is 0 Å². The Bertz CT molecular complexity index is 241. The molecule has 3 nitrogen and oxygen atoms in total. The molecule has 0 aromatic heterocycles. The number of ether oxygens (including phenoxy) is 1. The fourth-order valence-corrected chi connectivity index (χ4v) is 1.92. The van der Waals surface area contributed by atoms with Gasteiger partial charge in [0.2, 0.25) is 0 Å². The third-order valence-corrected chi connectivity index (χ3v) is 2.99. The minimum absolute atomic E-state index is 0.105. The highest BCUT2D eigenvalue weighted by Crippen LogP contribution is 2.33. The van der Waals surface area contributed by atoms with E-state index in [0.717, 1.165) is 18.9 Å². The lowest BCUT2D eigenvalue weighted by Gasteiger charge is -2.20. The monoisotopic (exact) mass is 241 g/mol. The minimum Gasteiger partial charge on any atom is -0.460 e. The zero-order valence-electron chi connectivity index (χ0n) is 11.7. The molecule has 1 rings (SSSR count). The highest BCUT2D eigenvalue weighted by molar-refractivity contribution is 5.70. The highest BCUT2D eigenvalue weighted by atomic mass is 16.6. The van der Waals surface area contributed by atoms with Gasteiger partial charge in [-0.1, -0.05) is 19.8 Å².